The lowest BCUT2D eigenvalue weighted by Crippen LogP contribution is -2.47. The van der Waals surface area contributed by atoms with Crippen molar-refractivity contribution in [2.75, 3.05) is 6.61 Å². The molecule has 1 aromatic heterocycles. The van der Waals surface area contributed by atoms with E-state index >= 15 is 0 Å². The van der Waals surface area contributed by atoms with E-state index in [1.54, 1.807) is 0 Å². The molecule has 1 aliphatic heterocycles. The van der Waals surface area contributed by atoms with Gasteiger partial charge in [0.25, 0.3) is 5.56 Å². The summed E-state index contributed by atoms with van der Waals surface area (Å²) in [6, 6.07) is 0. The number of hydrogen-bond donors (Lipinski definition) is 4. The van der Waals surface area contributed by atoms with E-state index < -0.39 is 41.9 Å². The molecule has 8 nitrogen and oxygen atoms in total. The first kappa shape index (κ1) is 13.9. The van der Waals surface area contributed by atoms with Crippen molar-refractivity contribution in [3.8, 4) is 0 Å². The van der Waals surface area contributed by atoms with Crippen molar-refractivity contribution in [1.29, 1.82) is 0 Å². The van der Waals surface area contributed by atoms with Crippen LogP contribution in [0.4, 0.5) is 0 Å². The summed E-state index contributed by atoms with van der Waals surface area (Å²) in [6.45, 7) is 2.30. The second-order valence-corrected chi connectivity index (χ2v) is 4.86. The predicted molar refractivity (Wildman–Crippen MR) is 63.7 cm³/mol. The van der Waals surface area contributed by atoms with Gasteiger partial charge in [-0.15, -0.1) is 0 Å². The second-order valence-electron chi connectivity index (χ2n) is 4.86. The van der Waals surface area contributed by atoms with Crippen molar-refractivity contribution < 1.29 is 20.1 Å². The minimum Gasteiger partial charge on any atom is -0.394 e. The Kier molecular flexibility index (Phi) is 3.35. The average Bonchev–Trinajstić information content (AvgIpc) is 2.56. The van der Waals surface area contributed by atoms with E-state index in [4.69, 9.17) is 9.84 Å². The Morgan fingerprint density at radius 3 is 2.68 bits per heavy atom. The number of nitrogens with one attached hydrogen (secondary N) is 1. The molecule has 0 radical (unpaired) electrons. The molecule has 0 bridgehead atoms. The molecule has 2 heterocycles. The Hall–Kier alpha value is -1.48. The Labute approximate surface area is 107 Å². The second kappa shape index (κ2) is 4.57. The van der Waals surface area contributed by atoms with Crippen molar-refractivity contribution >= 4 is 0 Å². The molecule has 2 unspecified atom stereocenters. The van der Waals surface area contributed by atoms with Crippen molar-refractivity contribution in [2.24, 2.45) is 0 Å². The van der Waals surface area contributed by atoms with Gasteiger partial charge < -0.3 is 20.1 Å². The number of aliphatic hydroxyl groups excluding tert-OH is 2. The molecule has 0 saturated carbocycles. The fourth-order valence-electron chi connectivity index (χ4n) is 2.15. The maximum absolute atomic E-state index is 11.7. The molecule has 1 fully saturated rings. The van der Waals surface area contributed by atoms with Crippen molar-refractivity contribution in [2.45, 2.75) is 37.9 Å². The van der Waals surface area contributed by atoms with Crippen LogP contribution in [0.3, 0.4) is 0 Å². The van der Waals surface area contributed by atoms with E-state index in [1.165, 1.54) is 20.0 Å². The van der Waals surface area contributed by atoms with E-state index in [0.29, 0.717) is 0 Å². The maximum Gasteiger partial charge on any atom is 0.330 e. The zero-order chi connectivity index (χ0) is 14.4. The van der Waals surface area contributed by atoms with Gasteiger partial charge >= 0.3 is 5.69 Å². The molecular formula is C11H16N2O6. The van der Waals surface area contributed by atoms with Gasteiger partial charge in [0.05, 0.1) is 6.61 Å². The fraction of sp³-hybridized carbons (Fsp3) is 0.636. The minimum atomic E-state index is -1.76. The molecule has 1 aromatic rings. The van der Waals surface area contributed by atoms with Gasteiger partial charge in [0.2, 0.25) is 0 Å². The van der Waals surface area contributed by atoms with Crippen LogP contribution >= 0.6 is 0 Å². The number of aryl methyl sites for hydroxylation is 1. The normalized spacial score (nSPS) is 34.7. The van der Waals surface area contributed by atoms with Gasteiger partial charge in [0, 0.05) is 11.8 Å². The minimum absolute atomic E-state index is 0.265. The quantitative estimate of drug-likeness (QED) is 0.486. The number of aromatic amines is 1. The SMILES string of the molecule is Cc1cn(C2O[C@H](CO)C(O)[C@]2(C)O)c(=O)[nH]c1=O. The summed E-state index contributed by atoms with van der Waals surface area (Å²) >= 11 is 0. The van der Waals surface area contributed by atoms with Crippen molar-refractivity contribution in [3.63, 3.8) is 0 Å². The van der Waals surface area contributed by atoms with Gasteiger partial charge in [-0.2, -0.15) is 0 Å². The molecule has 0 amide bonds. The van der Waals surface area contributed by atoms with Gasteiger partial charge in [0.15, 0.2) is 6.23 Å². The number of ether oxygens (including phenoxy) is 1. The van der Waals surface area contributed by atoms with Gasteiger partial charge in [-0.3, -0.25) is 14.3 Å². The van der Waals surface area contributed by atoms with Crippen LogP contribution in [0, 0.1) is 6.92 Å². The van der Waals surface area contributed by atoms with E-state index in [9.17, 15) is 19.8 Å². The number of H-pyrrole nitrogens is 1. The number of rotatable bonds is 2. The van der Waals surface area contributed by atoms with Crippen LogP contribution in [-0.4, -0.2) is 49.3 Å². The molecular weight excluding hydrogens is 256 g/mol. The number of aromatic nitrogens is 2. The lowest BCUT2D eigenvalue weighted by atomic mass is 9.96. The van der Waals surface area contributed by atoms with E-state index in [1.807, 2.05) is 0 Å². The Bertz CT molecular complexity index is 590. The van der Waals surface area contributed by atoms with Gasteiger partial charge in [-0.05, 0) is 13.8 Å². The van der Waals surface area contributed by atoms with E-state index in [-0.39, 0.29) is 5.56 Å². The molecule has 4 atom stereocenters. The first-order valence-corrected chi connectivity index (χ1v) is 5.78. The van der Waals surface area contributed by atoms with Crippen LogP contribution in [0.2, 0.25) is 0 Å². The first-order chi connectivity index (χ1) is 8.78. The highest BCUT2D eigenvalue weighted by molar-refractivity contribution is 5.05. The summed E-state index contributed by atoms with van der Waals surface area (Å²) in [6.07, 6.45) is -2.30. The number of nitrogens with zero attached hydrogens (tertiary/aromatic N) is 1. The Morgan fingerprint density at radius 2 is 2.16 bits per heavy atom. The van der Waals surface area contributed by atoms with Crippen LogP contribution in [0.5, 0.6) is 0 Å². The smallest absolute Gasteiger partial charge is 0.330 e. The van der Waals surface area contributed by atoms with Crippen LogP contribution in [-0.2, 0) is 4.74 Å². The van der Waals surface area contributed by atoms with Crippen molar-refractivity contribution in [3.05, 3.63) is 32.6 Å². The highest BCUT2D eigenvalue weighted by Gasteiger charge is 2.53. The Morgan fingerprint density at radius 1 is 1.53 bits per heavy atom. The standard InChI is InChI=1S/C11H16N2O6/c1-5-3-13(10(17)12-8(5)16)9-11(2,18)7(15)6(4-14)19-9/h3,6-7,9,14-15,18H,4H2,1-2H3,(H,12,16,17)/t6-,7?,9?,11+/m1/s1. The summed E-state index contributed by atoms with van der Waals surface area (Å²) in [7, 11) is 0. The molecule has 4 N–H and O–H groups in total. The van der Waals surface area contributed by atoms with Gasteiger partial charge in [0.1, 0.15) is 17.8 Å². The number of hydrogen-bond acceptors (Lipinski definition) is 6. The highest BCUT2D eigenvalue weighted by atomic mass is 16.6. The first-order valence-electron chi connectivity index (χ1n) is 5.78. The predicted octanol–water partition coefficient (Wildman–Crippen LogP) is -2.15. The zero-order valence-electron chi connectivity index (χ0n) is 10.5. The Balaban J connectivity index is 2.51. The third-order valence-electron chi connectivity index (χ3n) is 3.33. The third kappa shape index (κ3) is 2.12. The zero-order valence-corrected chi connectivity index (χ0v) is 10.5. The largest absolute Gasteiger partial charge is 0.394 e. The molecule has 8 heteroatoms. The maximum atomic E-state index is 11.7. The molecule has 2 rings (SSSR count). The topological polar surface area (TPSA) is 125 Å². The monoisotopic (exact) mass is 272 g/mol. The summed E-state index contributed by atoms with van der Waals surface area (Å²) in [5, 5.41) is 29.1. The molecule has 0 aliphatic carbocycles. The number of aliphatic hydroxyl groups is 3. The van der Waals surface area contributed by atoms with E-state index in [2.05, 4.69) is 4.98 Å². The molecule has 106 valence electrons. The lowest BCUT2D eigenvalue weighted by molar-refractivity contribution is -0.0988. The van der Waals surface area contributed by atoms with E-state index in [0.717, 1.165) is 4.57 Å². The summed E-state index contributed by atoms with van der Waals surface area (Å²) in [4.78, 5) is 25.1. The molecule has 0 aromatic carbocycles. The van der Waals surface area contributed by atoms with Crippen LogP contribution in [0.15, 0.2) is 15.8 Å². The molecule has 1 aliphatic rings. The molecule has 1 saturated heterocycles. The third-order valence-corrected chi connectivity index (χ3v) is 3.33. The van der Waals surface area contributed by atoms with Crippen LogP contribution < -0.4 is 11.2 Å². The average molecular weight is 272 g/mol. The molecule has 0 spiro atoms. The van der Waals surface area contributed by atoms with Crippen molar-refractivity contribution in [1.82, 2.24) is 9.55 Å². The van der Waals surface area contributed by atoms with Gasteiger partial charge in [-0.25, -0.2) is 4.79 Å². The van der Waals surface area contributed by atoms with Crippen LogP contribution in [0.1, 0.15) is 18.7 Å². The van der Waals surface area contributed by atoms with Gasteiger partial charge in [-0.1, -0.05) is 0 Å². The highest BCUT2D eigenvalue weighted by Crippen LogP contribution is 2.37. The molecule has 19 heavy (non-hydrogen) atoms. The summed E-state index contributed by atoms with van der Waals surface area (Å²) < 4.78 is 6.29. The summed E-state index contributed by atoms with van der Waals surface area (Å²) in [5.74, 6) is 0. The fourth-order valence-corrected chi connectivity index (χ4v) is 2.15. The lowest BCUT2D eigenvalue weighted by Gasteiger charge is -2.27. The summed E-state index contributed by atoms with van der Waals surface area (Å²) in [5.41, 5.74) is -2.78. The van der Waals surface area contributed by atoms with Crippen LogP contribution in [0.25, 0.3) is 0 Å².